The minimum atomic E-state index is -4.90. The van der Waals surface area contributed by atoms with E-state index in [9.17, 15) is 40.3 Å². The molecule has 0 radical (unpaired) electrons. The van der Waals surface area contributed by atoms with Gasteiger partial charge in [0.1, 0.15) is 29.1 Å². The Morgan fingerprint density at radius 2 is 1.19 bits per heavy atom. The number of anilines is 1. The van der Waals surface area contributed by atoms with Gasteiger partial charge in [0.05, 0.1) is 142 Å². The van der Waals surface area contributed by atoms with Gasteiger partial charge in [0.2, 0.25) is 5.36 Å². The molecule has 476 valence electrons. The van der Waals surface area contributed by atoms with Gasteiger partial charge in [-0.1, -0.05) is 18.6 Å². The number of nitrogens with zero attached hydrogens (tertiary/aromatic N) is 3. The number of allylic oxidation sites excluding steroid dienone is 3. The number of amides is 2. The summed E-state index contributed by atoms with van der Waals surface area (Å²) in [5, 5.41) is 1.37. The van der Waals surface area contributed by atoms with E-state index in [-0.39, 0.29) is 61.7 Å². The molecule has 3 heterocycles. The first-order valence-electron chi connectivity index (χ1n) is 28.6. The molecule has 86 heavy (non-hydrogen) atoms. The van der Waals surface area contributed by atoms with Crippen molar-refractivity contribution in [1.82, 2.24) is 9.64 Å². The van der Waals surface area contributed by atoms with E-state index in [0.717, 1.165) is 16.5 Å². The van der Waals surface area contributed by atoms with Crippen LogP contribution in [0.1, 0.15) is 69.4 Å². The van der Waals surface area contributed by atoms with Crippen molar-refractivity contribution in [1.29, 1.82) is 0 Å². The van der Waals surface area contributed by atoms with E-state index in [1.165, 1.54) is 12.1 Å². The van der Waals surface area contributed by atoms with Gasteiger partial charge in [0.15, 0.2) is 13.1 Å². The number of hydroxylamine groups is 2. The molecule has 1 N–H and O–H groups in total. The predicted octanol–water partition coefficient (Wildman–Crippen LogP) is 1.02. The number of hydrogen-bond donors (Lipinski definition) is 1. The van der Waals surface area contributed by atoms with E-state index in [4.69, 9.17) is 61.4 Å². The van der Waals surface area contributed by atoms with Crippen LogP contribution in [0.5, 0.6) is 0 Å². The van der Waals surface area contributed by atoms with Gasteiger partial charge in [0, 0.05) is 68.5 Å². The number of carbonyl (C=O) groups excluding carboxylic acids is 3. The summed E-state index contributed by atoms with van der Waals surface area (Å²) < 4.78 is 140. The standard InChI is InChI=1S/C58H85N3O22S2.Na/c1-58(19-8-44-84(65,66)67)51-46-49(85(68,69)70)13-15-52(51)60(20-6-4-5-11-57(64)83-61-55(62)16-17-56(61)63)54(58)10-7-9-47-18-23-82-53-45-48(12-14-50(47)53)59(21-24-73-30-32-77-38-40-79-36-34-75-28-26-71-2)22-25-74-31-33-78-39-41-81-43-42-80-37-35-76-29-27-72-3;/h7,9-10,12-15,18,23,45-46H,4-6,8,11,16-17,19-22,24-44H2,1-3H3,(H-,65,66,67,68,69,70);/q;+1. The Bertz CT molecular complexity index is 2820. The number of fused-ring (bicyclic) bond motifs is 2. The summed E-state index contributed by atoms with van der Waals surface area (Å²) in [7, 11) is -6.01. The molecule has 0 bridgehead atoms. The minimum absolute atomic E-state index is 0. The van der Waals surface area contributed by atoms with Crippen molar-refractivity contribution in [3.63, 3.8) is 0 Å². The smallest absolute Gasteiger partial charge is 0.744 e. The molecule has 0 saturated carbocycles. The summed E-state index contributed by atoms with van der Waals surface area (Å²) in [4.78, 5) is 43.0. The minimum Gasteiger partial charge on any atom is -0.744 e. The van der Waals surface area contributed by atoms with Gasteiger partial charge < -0.3 is 70.8 Å². The van der Waals surface area contributed by atoms with E-state index in [2.05, 4.69) is 4.58 Å². The summed E-state index contributed by atoms with van der Waals surface area (Å²) in [6, 6.07) is 11.8. The van der Waals surface area contributed by atoms with Crippen molar-refractivity contribution in [3.8, 4) is 11.3 Å². The monoisotopic (exact) mass is 1260 g/mol. The van der Waals surface area contributed by atoms with Crippen LogP contribution >= 0.6 is 0 Å². The third kappa shape index (κ3) is 26.9. The molecule has 3 aliphatic heterocycles. The van der Waals surface area contributed by atoms with E-state index >= 15 is 0 Å². The van der Waals surface area contributed by atoms with Gasteiger partial charge in [-0.15, -0.1) is 5.06 Å². The van der Waals surface area contributed by atoms with Gasteiger partial charge in [-0.05, 0) is 80.1 Å². The van der Waals surface area contributed by atoms with Crippen LogP contribution in [0.4, 0.5) is 5.69 Å². The normalized spacial score (nSPS) is 16.3. The molecule has 4 aliphatic rings. The summed E-state index contributed by atoms with van der Waals surface area (Å²) in [5.74, 6) is -1.83. The maximum Gasteiger partial charge on any atom is 1.00 e. The zero-order valence-electron chi connectivity index (χ0n) is 50.2. The van der Waals surface area contributed by atoms with E-state index < -0.39 is 54.1 Å². The van der Waals surface area contributed by atoms with Crippen molar-refractivity contribution in [2.45, 2.75) is 68.6 Å². The second-order valence-corrected chi connectivity index (χ2v) is 22.8. The zero-order valence-corrected chi connectivity index (χ0v) is 53.8. The number of hydrogen-bond acceptors (Lipinski definition) is 22. The largest absolute Gasteiger partial charge is 1.00 e. The second-order valence-electron chi connectivity index (χ2n) is 19.8. The molecule has 5 rings (SSSR count). The van der Waals surface area contributed by atoms with E-state index in [0.29, 0.717) is 199 Å². The van der Waals surface area contributed by atoms with Crippen LogP contribution in [-0.4, -0.2) is 221 Å². The third-order valence-corrected chi connectivity index (χ3v) is 15.3. The van der Waals surface area contributed by atoms with Crippen LogP contribution in [-0.2, 0) is 97.0 Å². The first-order chi connectivity index (χ1) is 41.1. The molecule has 1 atom stereocenters. The Kier molecular flexibility index (Phi) is 35.7. The molecule has 1 fully saturated rings. The number of unbranched alkanes of at least 4 members (excludes halogenated alkanes) is 2. The number of rotatable bonds is 47. The van der Waals surface area contributed by atoms with Crippen LogP contribution < -0.4 is 44.4 Å². The van der Waals surface area contributed by atoms with Crippen molar-refractivity contribution in [2.75, 3.05) is 177 Å². The molecule has 1 unspecified atom stereocenters. The number of methoxy groups -OCH3 is 2. The Morgan fingerprint density at radius 3 is 1.69 bits per heavy atom. The average molecular weight is 1260 g/mol. The maximum absolute atomic E-state index is 12.5. The van der Waals surface area contributed by atoms with E-state index in [1.54, 1.807) is 26.5 Å². The van der Waals surface area contributed by atoms with Gasteiger partial charge >= 0.3 is 35.5 Å². The quantitative estimate of drug-likeness (QED) is 0.0271. The average Bonchev–Trinajstić information content (AvgIpc) is 1.73. The topological polar surface area (TPSA) is 296 Å². The number of imide groups is 1. The molecule has 1 aromatic rings. The third-order valence-electron chi connectivity index (χ3n) is 13.6. The molecule has 2 amide bonds. The molecule has 1 aromatic carbocycles. The fraction of sp³-hybridized carbons (Fsp3) is 0.621. The molecule has 25 nitrogen and oxygen atoms in total. The van der Waals surface area contributed by atoms with E-state index in [1.807, 2.05) is 54.3 Å². The zero-order chi connectivity index (χ0) is 61.2. The first-order valence-corrected chi connectivity index (χ1v) is 31.6. The van der Waals surface area contributed by atoms with Gasteiger partial charge in [0.25, 0.3) is 21.9 Å². The number of benzene rings is 2. The fourth-order valence-corrected chi connectivity index (χ4v) is 10.3. The molecular weight excluding hydrogens is 1180 g/mol. The Balaban J connectivity index is 0.0000158. The van der Waals surface area contributed by atoms with Crippen molar-refractivity contribution < 1.29 is 131 Å². The predicted molar refractivity (Wildman–Crippen MR) is 309 cm³/mol. The second kappa shape index (κ2) is 41.3. The van der Waals surface area contributed by atoms with Crippen LogP contribution in [0.15, 0.2) is 75.9 Å². The Labute approximate surface area is 527 Å². The summed E-state index contributed by atoms with van der Waals surface area (Å²) in [6.07, 6.45) is 8.57. The molecule has 0 spiro atoms. The first kappa shape index (κ1) is 74.4. The van der Waals surface area contributed by atoms with Crippen LogP contribution in [0.25, 0.3) is 17.4 Å². The summed E-state index contributed by atoms with van der Waals surface area (Å²) in [6.45, 7) is 12.2. The molecule has 28 heteroatoms. The van der Waals surface area contributed by atoms with Crippen molar-refractivity contribution in [2.24, 2.45) is 0 Å². The number of ether oxygens (including phenoxy) is 11. The SMILES string of the molecule is COCCOCCOCCOCCOCCOCC[N+](CCOCCOCCOCCOCCOC)=c1ccc2c(/C=C/C=C3/N(CCCCCC(=O)ON4C(=O)CCC4=O)c4ccc(S(=O)(=O)[O-])cc4C3(C)CCCS(=O)(=O)O)ccoc-2c1.[Na+]. The fourth-order valence-electron chi connectivity index (χ4n) is 9.27. The number of carbonyl (C=O) groups is 3. The van der Waals surface area contributed by atoms with Crippen molar-refractivity contribution >= 4 is 49.8 Å². The van der Waals surface area contributed by atoms with Crippen LogP contribution in [0.2, 0.25) is 0 Å². The molecule has 1 aliphatic carbocycles. The van der Waals surface area contributed by atoms with Crippen LogP contribution in [0, 0.1) is 0 Å². The molecular formula is C58H85N3NaO22S2+. The maximum atomic E-state index is 12.5. The summed E-state index contributed by atoms with van der Waals surface area (Å²) in [5.41, 5.74) is 2.27. The molecule has 1 saturated heterocycles. The van der Waals surface area contributed by atoms with Crippen LogP contribution in [0.3, 0.4) is 0 Å². The summed E-state index contributed by atoms with van der Waals surface area (Å²) >= 11 is 0. The Morgan fingerprint density at radius 1 is 0.674 bits per heavy atom. The van der Waals surface area contributed by atoms with Gasteiger partial charge in [-0.3, -0.25) is 14.1 Å². The van der Waals surface area contributed by atoms with Gasteiger partial charge in [-0.2, -0.15) is 8.42 Å². The van der Waals surface area contributed by atoms with Crippen molar-refractivity contribution in [3.05, 3.63) is 83.1 Å². The van der Waals surface area contributed by atoms with Gasteiger partial charge in [-0.25, -0.2) is 17.8 Å². The Hall–Kier alpha value is -4.08. The molecule has 0 aromatic heterocycles.